The van der Waals surface area contributed by atoms with E-state index in [1.165, 1.54) is 30.1 Å². The molecule has 104 valence electrons. The van der Waals surface area contributed by atoms with E-state index in [1.54, 1.807) is 0 Å². The zero-order chi connectivity index (χ0) is 13.8. The third-order valence-electron chi connectivity index (χ3n) is 2.68. The van der Waals surface area contributed by atoms with Gasteiger partial charge in [0.1, 0.15) is 11.1 Å². The van der Waals surface area contributed by atoms with Crippen LogP contribution in [-0.2, 0) is 9.53 Å². The second kappa shape index (κ2) is 6.36. The van der Waals surface area contributed by atoms with Crippen LogP contribution in [0.15, 0.2) is 4.34 Å². The first-order valence-corrected chi connectivity index (χ1v) is 7.89. The van der Waals surface area contributed by atoms with Crippen LogP contribution in [0, 0.1) is 0 Å². The second-order valence-corrected chi connectivity index (χ2v) is 5.98. The van der Waals surface area contributed by atoms with E-state index in [1.807, 2.05) is 6.26 Å². The average Bonchev–Trinajstić information content (AvgIpc) is 3.06. The average molecular weight is 301 g/mol. The molecule has 1 unspecified atom stereocenters. The van der Waals surface area contributed by atoms with Gasteiger partial charge >= 0.3 is 0 Å². The molecule has 2 amide bonds. The summed E-state index contributed by atoms with van der Waals surface area (Å²) in [6, 6.07) is 0. The predicted octanol–water partition coefficient (Wildman–Crippen LogP) is 1.34. The third-order valence-corrected chi connectivity index (χ3v) is 4.64. The van der Waals surface area contributed by atoms with Crippen LogP contribution in [0.5, 0.6) is 0 Å². The van der Waals surface area contributed by atoms with Crippen molar-refractivity contribution in [2.75, 3.05) is 25.2 Å². The lowest BCUT2D eigenvalue weighted by Crippen LogP contribution is -2.28. The molecule has 1 fully saturated rings. The molecular formula is C11H15N3O3S2. The molecule has 2 heterocycles. The van der Waals surface area contributed by atoms with Crippen LogP contribution in [0.1, 0.15) is 23.3 Å². The van der Waals surface area contributed by atoms with Gasteiger partial charge in [0.25, 0.3) is 11.8 Å². The maximum atomic E-state index is 12.0. The van der Waals surface area contributed by atoms with E-state index >= 15 is 0 Å². The number of nitrogens with zero attached hydrogens (tertiary/aromatic N) is 1. The molecule has 2 rings (SSSR count). The Kier molecular flexibility index (Phi) is 4.78. The summed E-state index contributed by atoms with van der Waals surface area (Å²) in [5, 5.41) is 5.73. The zero-order valence-electron chi connectivity index (χ0n) is 10.7. The fraction of sp³-hybridized carbons (Fsp3) is 0.545. The topological polar surface area (TPSA) is 80.3 Å². The Labute approximate surface area is 119 Å². The van der Waals surface area contributed by atoms with Gasteiger partial charge in [0, 0.05) is 13.7 Å². The number of hydrogen-bond acceptors (Lipinski definition) is 6. The Morgan fingerprint density at radius 3 is 2.89 bits per heavy atom. The molecule has 0 saturated carbocycles. The van der Waals surface area contributed by atoms with Gasteiger partial charge in [-0.05, 0) is 19.1 Å². The van der Waals surface area contributed by atoms with E-state index in [9.17, 15) is 9.59 Å². The molecule has 1 atom stereocenters. The number of aromatic nitrogens is 1. The summed E-state index contributed by atoms with van der Waals surface area (Å²) in [7, 11) is 1.53. The minimum atomic E-state index is -0.419. The first kappa shape index (κ1) is 14.3. The van der Waals surface area contributed by atoms with E-state index in [4.69, 9.17) is 4.74 Å². The Hall–Kier alpha value is -1.12. The molecule has 1 aliphatic heterocycles. The lowest BCUT2D eigenvalue weighted by molar-refractivity contribution is -0.124. The van der Waals surface area contributed by atoms with Crippen LogP contribution in [0.2, 0.25) is 0 Å². The highest BCUT2D eigenvalue weighted by molar-refractivity contribution is 8.00. The van der Waals surface area contributed by atoms with Gasteiger partial charge in [0.05, 0.1) is 0 Å². The molecule has 6 nitrogen and oxygen atoms in total. The fourth-order valence-corrected chi connectivity index (χ4v) is 3.19. The fourth-order valence-electron chi connectivity index (χ4n) is 1.72. The van der Waals surface area contributed by atoms with Crippen LogP contribution >= 0.6 is 23.1 Å². The monoisotopic (exact) mass is 301 g/mol. The van der Waals surface area contributed by atoms with E-state index < -0.39 is 6.10 Å². The van der Waals surface area contributed by atoms with Crippen LogP contribution in [-0.4, -0.2) is 42.8 Å². The van der Waals surface area contributed by atoms with Crippen LogP contribution < -0.4 is 10.6 Å². The van der Waals surface area contributed by atoms with Gasteiger partial charge in [0.15, 0.2) is 10.0 Å². The molecule has 1 aromatic rings. The first-order valence-electron chi connectivity index (χ1n) is 5.85. The SMILES string of the molecule is CNC(=O)c1nc(SC)sc1NC(=O)C1CCCO1. The van der Waals surface area contributed by atoms with E-state index in [0.717, 1.165) is 17.2 Å². The predicted molar refractivity (Wildman–Crippen MR) is 74.9 cm³/mol. The highest BCUT2D eigenvalue weighted by atomic mass is 32.2. The number of anilines is 1. The van der Waals surface area contributed by atoms with Gasteiger partial charge in [-0.25, -0.2) is 4.98 Å². The van der Waals surface area contributed by atoms with Gasteiger partial charge in [-0.2, -0.15) is 0 Å². The van der Waals surface area contributed by atoms with Crippen molar-refractivity contribution in [2.24, 2.45) is 0 Å². The normalized spacial score (nSPS) is 18.3. The lowest BCUT2D eigenvalue weighted by Gasteiger charge is -2.09. The van der Waals surface area contributed by atoms with Crippen molar-refractivity contribution < 1.29 is 14.3 Å². The molecule has 0 spiro atoms. The summed E-state index contributed by atoms with van der Waals surface area (Å²) in [6.45, 7) is 0.610. The quantitative estimate of drug-likeness (QED) is 0.820. The summed E-state index contributed by atoms with van der Waals surface area (Å²) in [5.41, 5.74) is 0.253. The van der Waals surface area contributed by atoms with Crippen molar-refractivity contribution in [2.45, 2.75) is 23.3 Å². The summed E-state index contributed by atoms with van der Waals surface area (Å²) < 4.78 is 6.05. The number of carbonyl (C=O) groups is 2. The number of amides is 2. The molecule has 8 heteroatoms. The number of hydrogen-bond donors (Lipinski definition) is 2. The Bertz CT molecular complexity index is 484. The molecule has 0 aromatic carbocycles. The highest BCUT2D eigenvalue weighted by Crippen LogP contribution is 2.31. The number of thioether (sulfide) groups is 1. The summed E-state index contributed by atoms with van der Waals surface area (Å²) in [6.07, 6.45) is 3.06. The maximum Gasteiger partial charge on any atom is 0.272 e. The number of nitrogens with one attached hydrogen (secondary N) is 2. The standard InChI is InChI=1S/C11H15N3O3S2/c1-12-9(16)7-10(19-11(13-7)18-2)14-8(15)6-4-3-5-17-6/h6H,3-5H2,1-2H3,(H,12,16)(H,14,15). The largest absolute Gasteiger partial charge is 0.368 e. The van der Waals surface area contributed by atoms with Gasteiger partial charge < -0.3 is 15.4 Å². The van der Waals surface area contributed by atoms with Crippen LogP contribution in [0.25, 0.3) is 0 Å². The first-order chi connectivity index (χ1) is 9.15. The lowest BCUT2D eigenvalue weighted by atomic mass is 10.2. The number of ether oxygens (including phenoxy) is 1. The molecule has 1 aromatic heterocycles. The molecular weight excluding hydrogens is 286 g/mol. The van der Waals surface area contributed by atoms with E-state index in [-0.39, 0.29) is 17.5 Å². The second-order valence-electron chi connectivity index (χ2n) is 3.93. The van der Waals surface area contributed by atoms with Gasteiger partial charge in [-0.1, -0.05) is 23.1 Å². The minimum absolute atomic E-state index is 0.209. The van der Waals surface area contributed by atoms with Gasteiger partial charge in [-0.3, -0.25) is 9.59 Å². The molecule has 2 N–H and O–H groups in total. The van der Waals surface area contributed by atoms with Crippen molar-refractivity contribution in [3.8, 4) is 0 Å². The summed E-state index contributed by atoms with van der Waals surface area (Å²) >= 11 is 2.73. The number of thiazole rings is 1. The molecule has 0 aliphatic carbocycles. The van der Waals surface area contributed by atoms with Crippen molar-refractivity contribution in [1.29, 1.82) is 0 Å². The smallest absolute Gasteiger partial charge is 0.272 e. The van der Waals surface area contributed by atoms with Crippen molar-refractivity contribution in [1.82, 2.24) is 10.3 Å². The molecule has 19 heavy (non-hydrogen) atoms. The zero-order valence-corrected chi connectivity index (χ0v) is 12.3. The molecule has 0 radical (unpaired) electrons. The maximum absolute atomic E-state index is 12.0. The van der Waals surface area contributed by atoms with E-state index in [0.29, 0.717) is 11.6 Å². The minimum Gasteiger partial charge on any atom is -0.368 e. The molecule has 0 bridgehead atoms. The Morgan fingerprint density at radius 2 is 2.32 bits per heavy atom. The van der Waals surface area contributed by atoms with Crippen LogP contribution in [0.4, 0.5) is 5.00 Å². The molecule has 1 aliphatic rings. The Morgan fingerprint density at radius 1 is 1.53 bits per heavy atom. The highest BCUT2D eigenvalue weighted by Gasteiger charge is 2.26. The molecule has 1 saturated heterocycles. The van der Waals surface area contributed by atoms with Gasteiger partial charge in [0.2, 0.25) is 0 Å². The van der Waals surface area contributed by atoms with Crippen molar-refractivity contribution >= 4 is 39.9 Å². The number of rotatable bonds is 4. The van der Waals surface area contributed by atoms with Crippen LogP contribution in [0.3, 0.4) is 0 Å². The number of carbonyl (C=O) groups excluding carboxylic acids is 2. The third kappa shape index (κ3) is 3.26. The Balaban J connectivity index is 2.15. The summed E-state index contributed by atoms with van der Waals surface area (Å²) in [4.78, 5) is 27.9. The van der Waals surface area contributed by atoms with E-state index in [2.05, 4.69) is 15.6 Å². The van der Waals surface area contributed by atoms with Crippen molar-refractivity contribution in [3.05, 3.63) is 5.69 Å². The summed E-state index contributed by atoms with van der Waals surface area (Å²) in [5.74, 6) is -0.516. The van der Waals surface area contributed by atoms with Crippen molar-refractivity contribution in [3.63, 3.8) is 0 Å². The van der Waals surface area contributed by atoms with Gasteiger partial charge in [-0.15, -0.1) is 0 Å².